The number of oxime groups is 1. The third kappa shape index (κ3) is 3.27. The molecule has 1 aromatic carbocycles. The number of esters is 1. The highest BCUT2D eigenvalue weighted by Gasteiger charge is 2.44. The van der Waals surface area contributed by atoms with Gasteiger partial charge in [0.05, 0.1) is 12.8 Å². The van der Waals surface area contributed by atoms with Crippen molar-refractivity contribution in [3.63, 3.8) is 0 Å². The van der Waals surface area contributed by atoms with Crippen LogP contribution in [0, 0.1) is 0 Å². The highest BCUT2D eigenvalue weighted by Crippen LogP contribution is 2.30. The largest absolute Gasteiger partial charge is 0.467 e. The number of carbonyl (C=O) groups is 2. The Morgan fingerprint density at radius 2 is 1.92 bits per heavy atom. The molecule has 6 nitrogen and oxygen atoms in total. The molecule has 24 heavy (non-hydrogen) atoms. The van der Waals surface area contributed by atoms with Crippen molar-refractivity contribution in [1.82, 2.24) is 5.32 Å². The lowest BCUT2D eigenvalue weighted by Crippen LogP contribution is -2.58. The van der Waals surface area contributed by atoms with E-state index < -0.39 is 11.6 Å². The van der Waals surface area contributed by atoms with Gasteiger partial charge in [-0.3, -0.25) is 4.79 Å². The summed E-state index contributed by atoms with van der Waals surface area (Å²) < 4.78 is 4.92. The Balaban J connectivity index is 1.66. The van der Waals surface area contributed by atoms with Gasteiger partial charge in [0.25, 0.3) is 5.91 Å². The number of nitrogens with one attached hydrogen (secondary N) is 1. The predicted octanol–water partition coefficient (Wildman–Crippen LogP) is 2.17. The summed E-state index contributed by atoms with van der Waals surface area (Å²) in [6.07, 6.45) is 3.75. The van der Waals surface area contributed by atoms with E-state index in [1.54, 1.807) is 0 Å². The molecule has 0 saturated heterocycles. The highest BCUT2D eigenvalue weighted by molar-refractivity contribution is 6.04. The molecule has 2 aliphatic rings. The van der Waals surface area contributed by atoms with Crippen molar-refractivity contribution in [3.8, 4) is 0 Å². The molecule has 1 aliphatic heterocycles. The summed E-state index contributed by atoms with van der Waals surface area (Å²) in [5.41, 5.74) is 0.753. The summed E-state index contributed by atoms with van der Waals surface area (Å²) >= 11 is 0. The van der Waals surface area contributed by atoms with Gasteiger partial charge in [0.15, 0.2) is 0 Å². The van der Waals surface area contributed by atoms with Gasteiger partial charge in [-0.15, -0.1) is 0 Å². The van der Waals surface area contributed by atoms with Crippen LogP contribution in [0.15, 0.2) is 35.5 Å². The van der Waals surface area contributed by atoms with E-state index in [0.717, 1.165) is 30.5 Å². The third-order valence-electron chi connectivity index (χ3n) is 4.71. The van der Waals surface area contributed by atoms with Crippen LogP contribution in [0.3, 0.4) is 0 Å². The Morgan fingerprint density at radius 3 is 2.58 bits per heavy atom. The van der Waals surface area contributed by atoms with Crippen molar-refractivity contribution in [3.05, 3.63) is 35.9 Å². The Morgan fingerprint density at radius 1 is 1.21 bits per heavy atom. The number of carbonyl (C=O) groups excluding carboxylic acids is 2. The molecule has 1 atom stereocenters. The minimum Gasteiger partial charge on any atom is -0.467 e. The van der Waals surface area contributed by atoms with Gasteiger partial charge < -0.3 is 14.9 Å². The fourth-order valence-corrected chi connectivity index (χ4v) is 3.37. The number of hydrogen-bond acceptors (Lipinski definition) is 5. The van der Waals surface area contributed by atoms with Crippen LogP contribution >= 0.6 is 0 Å². The lowest BCUT2D eigenvalue weighted by Gasteiger charge is -2.35. The number of nitrogens with zero attached hydrogens (tertiary/aromatic N) is 1. The molecule has 6 heteroatoms. The summed E-state index contributed by atoms with van der Waals surface area (Å²) in [6.45, 7) is 0. The Labute approximate surface area is 141 Å². The molecule has 0 aromatic heterocycles. The summed E-state index contributed by atoms with van der Waals surface area (Å²) in [5, 5.41) is 6.91. The maximum Gasteiger partial charge on any atom is 0.331 e. The molecule has 1 fully saturated rings. The number of rotatable bonds is 4. The van der Waals surface area contributed by atoms with Crippen molar-refractivity contribution in [2.45, 2.75) is 50.2 Å². The smallest absolute Gasteiger partial charge is 0.331 e. The maximum absolute atomic E-state index is 12.6. The number of hydrogen-bond donors (Lipinski definition) is 1. The molecule has 3 rings (SSSR count). The second-order valence-corrected chi connectivity index (χ2v) is 6.33. The van der Waals surface area contributed by atoms with Gasteiger partial charge in [-0.25, -0.2) is 4.79 Å². The normalized spacial score (nSPS) is 22.2. The molecule has 1 amide bonds. The van der Waals surface area contributed by atoms with Crippen LogP contribution in [0.2, 0.25) is 0 Å². The minimum atomic E-state index is -0.928. The van der Waals surface area contributed by atoms with E-state index in [9.17, 15) is 9.59 Å². The molecule has 1 aromatic rings. The van der Waals surface area contributed by atoms with Crippen molar-refractivity contribution in [2.24, 2.45) is 5.16 Å². The van der Waals surface area contributed by atoms with E-state index in [1.165, 1.54) is 7.11 Å². The lowest BCUT2D eigenvalue weighted by molar-refractivity contribution is -0.154. The zero-order chi connectivity index (χ0) is 17.0. The van der Waals surface area contributed by atoms with Crippen LogP contribution in [0.1, 0.15) is 44.1 Å². The van der Waals surface area contributed by atoms with Crippen molar-refractivity contribution >= 4 is 17.6 Å². The fourth-order valence-electron chi connectivity index (χ4n) is 3.37. The van der Waals surface area contributed by atoms with Gasteiger partial charge in [0, 0.05) is 6.42 Å². The molecule has 1 N–H and O–H groups in total. The van der Waals surface area contributed by atoms with Crippen LogP contribution in [0.4, 0.5) is 0 Å². The summed E-state index contributed by atoms with van der Waals surface area (Å²) in [4.78, 5) is 30.1. The van der Waals surface area contributed by atoms with E-state index >= 15 is 0 Å². The minimum absolute atomic E-state index is 0.308. The van der Waals surface area contributed by atoms with Crippen molar-refractivity contribution in [2.75, 3.05) is 7.11 Å². The average molecular weight is 330 g/mol. The zero-order valence-electron chi connectivity index (χ0n) is 13.8. The van der Waals surface area contributed by atoms with Gasteiger partial charge in [0.2, 0.25) is 6.10 Å². The topological polar surface area (TPSA) is 77.0 Å². The van der Waals surface area contributed by atoms with E-state index in [1.807, 2.05) is 30.3 Å². The first-order valence-corrected chi connectivity index (χ1v) is 8.33. The Bertz CT molecular complexity index is 636. The quantitative estimate of drug-likeness (QED) is 0.858. The third-order valence-corrected chi connectivity index (χ3v) is 4.71. The molecule has 1 saturated carbocycles. The highest BCUT2D eigenvalue weighted by atomic mass is 16.6. The van der Waals surface area contributed by atoms with Gasteiger partial charge in [-0.05, 0) is 18.4 Å². The van der Waals surface area contributed by atoms with Crippen LogP contribution in [0.5, 0.6) is 0 Å². The lowest BCUT2D eigenvalue weighted by atomic mass is 9.81. The van der Waals surface area contributed by atoms with E-state index in [-0.39, 0.29) is 11.9 Å². The summed E-state index contributed by atoms with van der Waals surface area (Å²) in [6, 6.07) is 9.62. The molecule has 128 valence electrons. The first-order chi connectivity index (χ1) is 11.6. The number of amides is 1. The van der Waals surface area contributed by atoms with E-state index in [2.05, 4.69) is 10.5 Å². The first kappa shape index (κ1) is 16.5. The van der Waals surface area contributed by atoms with Crippen LogP contribution in [-0.2, 0) is 19.2 Å². The number of ether oxygens (including phenoxy) is 1. The van der Waals surface area contributed by atoms with Gasteiger partial charge >= 0.3 is 5.97 Å². The molecule has 1 unspecified atom stereocenters. The summed E-state index contributed by atoms with van der Waals surface area (Å²) in [7, 11) is 1.35. The van der Waals surface area contributed by atoms with Crippen LogP contribution < -0.4 is 5.32 Å². The van der Waals surface area contributed by atoms with Crippen LogP contribution in [-0.4, -0.2) is 36.3 Å². The van der Waals surface area contributed by atoms with Gasteiger partial charge in [-0.1, -0.05) is 54.8 Å². The van der Waals surface area contributed by atoms with Crippen molar-refractivity contribution < 1.29 is 19.2 Å². The second-order valence-electron chi connectivity index (χ2n) is 6.33. The standard InChI is InChI=1S/C18H22N2O4/c1-23-17(22)18(10-6-3-7-11-18)19-16(21)15-12-14(20-24-15)13-8-4-2-5-9-13/h2,4-5,8-9,15H,3,6-7,10-12H2,1H3,(H,19,21). The number of benzene rings is 1. The first-order valence-electron chi connectivity index (χ1n) is 8.33. The molecule has 0 bridgehead atoms. The molecule has 1 heterocycles. The monoisotopic (exact) mass is 330 g/mol. The molecular weight excluding hydrogens is 308 g/mol. The predicted molar refractivity (Wildman–Crippen MR) is 88.4 cm³/mol. The Kier molecular flexibility index (Phi) is 4.83. The average Bonchev–Trinajstić information content (AvgIpc) is 3.13. The Hall–Kier alpha value is -2.37. The van der Waals surface area contributed by atoms with Gasteiger partial charge in [-0.2, -0.15) is 0 Å². The molecule has 0 radical (unpaired) electrons. The molecule has 1 aliphatic carbocycles. The maximum atomic E-state index is 12.6. The van der Waals surface area contributed by atoms with E-state index in [0.29, 0.717) is 19.3 Å². The number of methoxy groups -OCH3 is 1. The molecular formula is C18H22N2O4. The fraction of sp³-hybridized carbons (Fsp3) is 0.500. The van der Waals surface area contributed by atoms with Crippen LogP contribution in [0.25, 0.3) is 0 Å². The van der Waals surface area contributed by atoms with Gasteiger partial charge in [0.1, 0.15) is 5.54 Å². The van der Waals surface area contributed by atoms with Crippen molar-refractivity contribution in [1.29, 1.82) is 0 Å². The zero-order valence-corrected chi connectivity index (χ0v) is 13.8. The molecule has 0 spiro atoms. The summed E-state index contributed by atoms with van der Waals surface area (Å²) in [5.74, 6) is -0.685. The second kappa shape index (κ2) is 7.03. The van der Waals surface area contributed by atoms with E-state index in [4.69, 9.17) is 9.57 Å². The SMILES string of the molecule is COC(=O)C1(NC(=O)C2CC(c3ccccc3)=NO2)CCCCC1.